The fraction of sp³-hybridized carbons (Fsp3) is 0.647. The van der Waals surface area contributed by atoms with Crippen LogP contribution in [0.3, 0.4) is 0 Å². The van der Waals surface area contributed by atoms with E-state index in [9.17, 15) is 0 Å². The van der Waals surface area contributed by atoms with E-state index in [-0.39, 0.29) is 0 Å². The molecule has 20 heavy (non-hydrogen) atoms. The van der Waals surface area contributed by atoms with Crippen LogP contribution in [-0.4, -0.2) is 42.6 Å². The van der Waals surface area contributed by atoms with Gasteiger partial charge in [-0.3, -0.25) is 4.90 Å². The highest BCUT2D eigenvalue weighted by Crippen LogP contribution is 2.28. The fourth-order valence-electron chi connectivity index (χ4n) is 3.02. The summed E-state index contributed by atoms with van der Waals surface area (Å²) in [4.78, 5) is 2.53. The average molecular weight is 292 g/mol. The molecule has 2 rings (SSSR count). The summed E-state index contributed by atoms with van der Waals surface area (Å²) in [6.45, 7) is 8.93. The molecule has 0 aliphatic carbocycles. The Labute approximate surface area is 128 Å². The highest BCUT2D eigenvalue weighted by Gasteiger charge is 2.28. The average Bonchev–Trinajstić information content (AvgIpc) is 2.40. The molecule has 0 radical (unpaired) electrons. The Hall–Kier alpha value is -0.510. The molecule has 1 fully saturated rings. The van der Waals surface area contributed by atoms with Crippen molar-refractivity contribution in [3.8, 4) is 0 Å². The molecule has 0 amide bonds. The first kappa shape index (κ1) is 15.9. The van der Waals surface area contributed by atoms with Gasteiger partial charge in [0.25, 0.3) is 0 Å². The van der Waals surface area contributed by atoms with Crippen LogP contribution in [0.25, 0.3) is 0 Å². The third kappa shape index (κ3) is 4.00. The summed E-state index contributed by atoms with van der Waals surface area (Å²) in [5, 5.41) is 3.79. The van der Waals surface area contributed by atoms with Gasteiger partial charge in [0.15, 0.2) is 0 Å². The number of nitrogens with one attached hydrogen (secondary N) is 1. The third-order valence-electron chi connectivity index (χ3n) is 4.05. The number of rotatable bonds is 5. The van der Waals surface area contributed by atoms with Gasteiger partial charge in [0.2, 0.25) is 0 Å². The Kier molecular flexibility index (Phi) is 5.94. The molecule has 2 unspecified atom stereocenters. The van der Waals surface area contributed by atoms with E-state index in [2.05, 4.69) is 68.0 Å². The number of aryl methyl sites for hydroxylation is 2. The van der Waals surface area contributed by atoms with Crippen molar-refractivity contribution >= 4 is 11.8 Å². The highest BCUT2D eigenvalue weighted by molar-refractivity contribution is 7.99. The number of benzene rings is 1. The second-order valence-electron chi connectivity index (χ2n) is 5.98. The van der Waals surface area contributed by atoms with Crippen LogP contribution in [0.5, 0.6) is 0 Å². The van der Waals surface area contributed by atoms with Crippen molar-refractivity contribution in [2.24, 2.45) is 0 Å². The molecule has 112 valence electrons. The molecule has 0 bridgehead atoms. The van der Waals surface area contributed by atoms with E-state index in [1.165, 1.54) is 41.2 Å². The molecule has 2 atom stereocenters. The second kappa shape index (κ2) is 7.48. The minimum absolute atomic E-state index is 0.450. The van der Waals surface area contributed by atoms with Crippen molar-refractivity contribution in [3.63, 3.8) is 0 Å². The van der Waals surface area contributed by atoms with E-state index in [1.807, 2.05) is 0 Å². The monoisotopic (exact) mass is 292 g/mol. The Morgan fingerprint density at radius 2 is 2.00 bits per heavy atom. The first-order chi connectivity index (χ1) is 9.61. The lowest BCUT2D eigenvalue weighted by Crippen LogP contribution is -2.48. The van der Waals surface area contributed by atoms with Gasteiger partial charge in [0.05, 0.1) is 0 Å². The maximum Gasteiger partial charge on any atom is 0.0486 e. The molecule has 0 aromatic heterocycles. The maximum absolute atomic E-state index is 3.79. The Bertz CT molecular complexity index is 413. The largest absolute Gasteiger partial charge is 0.309 e. The van der Waals surface area contributed by atoms with Crippen LogP contribution in [0.2, 0.25) is 0 Å². The topological polar surface area (TPSA) is 15.3 Å². The zero-order chi connectivity index (χ0) is 14.5. The lowest BCUT2D eigenvalue weighted by Gasteiger charge is -2.38. The van der Waals surface area contributed by atoms with Crippen LogP contribution in [-0.2, 0) is 0 Å². The fourth-order valence-corrected chi connectivity index (χ4v) is 4.29. The minimum Gasteiger partial charge on any atom is -0.309 e. The summed E-state index contributed by atoms with van der Waals surface area (Å²) < 4.78 is 0. The SMILES string of the molecule is CCCNC(c1cc(C)cc(C)c1)C1CSCCN1C. The zero-order valence-corrected chi connectivity index (χ0v) is 14.1. The predicted molar refractivity (Wildman–Crippen MR) is 90.7 cm³/mol. The summed E-state index contributed by atoms with van der Waals surface area (Å²) in [5.41, 5.74) is 4.19. The molecule has 1 heterocycles. The van der Waals surface area contributed by atoms with Gasteiger partial charge in [-0.15, -0.1) is 0 Å². The van der Waals surface area contributed by atoms with E-state index in [0.717, 1.165) is 6.54 Å². The Morgan fingerprint density at radius 3 is 2.60 bits per heavy atom. The van der Waals surface area contributed by atoms with Gasteiger partial charge in [-0.1, -0.05) is 36.2 Å². The lowest BCUT2D eigenvalue weighted by molar-refractivity contribution is 0.215. The number of likely N-dealkylation sites (N-methyl/N-ethyl adjacent to an activating group) is 1. The quantitative estimate of drug-likeness (QED) is 0.895. The van der Waals surface area contributed by atoms with E-state index >= 15 is 0 Å². The molecule has 1 saturated heterocycles. The molecule has 0 spiro atoms. The predicted octanol–water partition coefficient (Wildman–Crippen LogP) is 3.39. The van der Waals surface area contributed by atoms with Crippen molar-refractivity contribution < 1.29 is 0 Å². The molecular weight excluding hydrogens is 264 g/mol. The first-order valence-electron chi connectivity index (χ1n) is 7.71. The smallest absolute Gasteiger partial charge is 0.0486 e. The molecule has 1 N–H and O–H groups in total. The molecular formula is C17H28N2S. The Balaban J connectivity index is 2.25. The zero-order valence-electron chi connectivity index (χ0n) is 13.3. The molecule has 1 aliphatic heterocycles. The lowest BCUT2D eigenvalue weighted by atomic mass is 9.95. The van der Waals surface area contributed by atoms with Crippen LogP contribution >= 0.6 is 11.8 Å². The summed E-state index contributed by atoms with van der Waals surface area (Å²) in [7, 11) is 2.27. The van der Waals surface area contributed by atoms with Crippen molar-refractivity contribution in [3.05, 3.63) is 34.9 Å². The first-order valence-corrected chi connectivity index (χ1v) is 8.87. The van der Waals surface area contributed by atoms with Gasteiger partial charge in [-0.25, -0.2) is 0 Å². The molecule has 0 saturated carbocycles. The number of hydrogen-bond donors (Lipinski definition) is 1. The van der Waals surface area contributed by atoms with E-state index in [4.69, 9.17) is 0 Å². The highest BCUT2D eigenvalue weighted by atomic mass is 32.2. The van der Waals surface area contributed by atoms with Gasteiger partial charge in [0.1, 0.15) is 0 Å². The maximum atomic E-state index is 3.79. The van der Waals surface area contributed by atoms with E-state index in [0.29, 0.717) is 12.1 Å². The molecule has 1 aromatic carbocycles. The summed E-state index contributed by atoms with van der Waals surface area (Å²) in [6, 6.07) is 8.02. The summed E-state index contributed by atoms with van der Waals surface area (Å²) in [5.74, 6) is 2.49. The van der Waals surface area contributed by atoms with E-state index < -0.39 is 0 Å². The normalized spacial score (nSPS) is 21.9. The van der Waals surface area contributed by atoms with Gasteiger partial charge in [-0.05, 0) is 39.4 Å². The van der Waals surface area contributed by atoms with E-state index in [1.54, 1.807) is 0 Å². The van der Waals surface area contributed by atoms with Crippen molar-refractivity contribution in [2.45, 2.75) is 39.3 Å². The molecule has 2 nitrogen and oxygen atoms in total. The van der Waals surface area contributed by atoms with Crippen LogP contribution in [0.1, 0.15) is 36.1 Å². The summed E-state index contributed by atoms with van der Waals surface area (Å²) >= 11 is 2.09. The van der Waals surface area contributed by atoms with Gasteiger partial charge in [-0.2, -0.15) is 11.8 Å². The molecule has 1 aromatic rings. The van der Waals surface area contributed by atoms with Crippen LogP contribution in [0.4, 0.5) is 0 Å². The minimum atomic E-state index is 0.450. The number of nitrogens with zero attached hydrogens (tertiary/aromatic N) is 1. The third-order valence-corrected chi connectivity index (χ3v) is 5.09. The second-order valence-corrected chi connectivity index (χ2v) is 7.13. The number of thioether (sulfide) groups is 1. The molecule has 1 aliphatic rings. The van der Waals surface area contributed by atoms with Gasteiger partial charge in [0, 0.05) is 30.1 Å². The van der Waals surface area contributed by atoms with Crippen molar-refractivity contribution in [1.82, 2.24) is 10.2 Å². The van der Waals surface area contributed by atoms with Crippen LogP contribution in [0.15, 0.2) is 18.2 Å². The number of hydrogen-bond acceptors (Lipinski definition) is 3. The van der Waals surface area contributed by atoms with Crippen LogP contribution < -0.4 is 5.32 Å². The van der Waals surface area contributed by atoms with Crippen molar-refractivity contribution in [1.29, 1.82) is 0 Å². The van der Waals surface area contributed by atoms with Crippen LogP contribution in [0, 0.1) is 13.8 Å². The molecule has 3 heteroatoms. The van der Waals surface area contributed by atoms with Crippen molar-refractivity contribution in [2.75, 3.05) is 31.6 Å². The summed E-state index contributed by atoms with van der Waals surface area (Å²) in [6.07, 6.45) is 1.19. The standard InChI is InChI=1S/C17H28N2S/c1-5-6-18-17(16-12-20-8-7-19(16)4)15-10-13(2)9-14(3)11-15/h9-11,16-18H,5-8,12H2,1-4H3. The van der Waals surface area contributed by atoms with Gasteiger partial charge >= 0.3 is 0 Å². The Morgan fingerprint density at radius 1 is 1.30 bits per heavy atom. The van der Waals surface area contributed by atoms with Gasteiger partial charge < -0.3 is 5.32 Å².